The van der Waals surface area contributed by atoms with Gasteiger partial charge in [-0.1, -0.05) is 22.9 Å². The Labute approximate surface area is 105 Å². The molecule has 0 radical (unpaired) electrons. The zero-order valence-electron chi connectivity index (χ0n) is 9.88. The van der Waals surface area contributed by atoms with Crippen LogP contribution in [0.4, 0.5) is 0 Å². The quantitative estimate of drug-likeness (QED) is 0.844. The molecule has 17 heavy (non-hydrogen) atoms. The lowest BCUT2D eigenvalue weighted by atomic mass is 10.2. The summed E-state index contributed by atoms with van der Waals surface area (Å²) in [5, 5.41) is 3.89. The van der Waals surface area contributed by atoms with Gasteiger partial charge in [0, 0.05) is 4.90 Å². The summed E-state index contributed by atoms with van der Waals surface area (Å²) in [5.41, 5.74) is 6.90. The maximum absolute atomic E-state index is 5.65. The van der Waals surface area contributed by atoms with Crippen LogP contribution in [-0.2, 0) is 5.75 Å². The number of nitrogens with zero attached hydrogens (tertiary/aromatic N) is 2. The number of nitrogens with two attached hydrogens (primary N) is 1. The van der Waals surface area contributed by atoms with Gasteiger partial charge in [-0.05, 0) is 26.0 Å². The van der Waals surface area contributed by atoms with E-state index in [4.69, 9.17) is 10.3 Å². The molecule has 1 aromatic carbocycles. The molecule has 2 rings (SSSR count). The third-order valence-electron chi connectivity index (χ3n) is 2.23. The molecule has 1 heterocycles. The van der Waals surface area contributed by atoms with Crippen molar-refractivity contribution in [1.82, 2.24) is 10.1 Å². The second-order valence-electron chi connectivity index (χ2n) is 3.94. The van der Waals surface area contributed by atoms with E-state index in [1.807, 2.05) is 13.0 Å². The maximum Gasteiger partial charge on any atom is 0.243 e. The molecule has 0 spiro atoms. The summed E-state index contributed by atoms with van der Waals surface area (Å²) in [6, 6.07) is 8.12. The van der Waals surface area contributed by atoms with Crippen molar-refractivity contribution in [2.24, 2.45) is 5.73 Å². The number of hydrogen-bond acceptors (Lipinski definition) is 5. The zero-order chi connectivity index (χ0) is 12.3. The van der Waals surface area contributed by atoms with Gasteiger partial charge in [-0.25, -0.2) is 0 Å². The van der Waals surface area contributed by atoms with Gasteiger partial charge in [-0.3, -0.25) is 0 Å². The van der Waals surface area contributed by atoms with E-state index >= 15 is 0 Å². The topological polar surface area (TPSA) is 64.9 Å². The van der Waals surface area contributed by atoms with Crippen LogP contribution >= 0.6 is 11.8 Å². The van der Waals surface area contributed by atoms with Crippen molar-refractivity contribution in [3.05, 3.63) is 41.5 Å². The van der Waals surface area contributed by atoms with Crippen molar-refractivity contribution < 1.29 is 4.52 Å². The maximum atomic E-state index is 5.65. The smallest absolute Gasteiger partial charge is 0.243 e. The largest absolute Gasteiger partial charge is 0.338 e. The van der Waals surface area contributed by atoms with E-state index < -0.39 is 0 Å². The minimum Gasteiger partial charge on any atom is -0.338 e. The van der Waals surface area contributed by atoms with E-state index in [1.54, 1.807) is 11.8 Å². The molecule has 0 amide bonds. The van der Waals surface area contributed by atoms with Crippen LogP contribution in [0.3, 0.4) is 0 Å². The normalized spacial score (nSPS) is 12.6. The van der Waals surface area contributed by atoms with Crippen LogP contribution in [0.5, 0.6) is 0 Å². The Morgan fingerprint density at radius 3 is 2.94 bits per heavy atom. The minimum absolute atomic E-state index is 0.208. The van der Waals surface area contributed by atoms with Crippen molar-refractivity contribution in [1.29, 1.82) is 0 Å². The van der Waals surface area contributed by atoms with Gasteiger partial charge in [-0.15, -0.1) is 11.8 Å². The third kappa shape index (κ3) is 3.31. The van der Waals surface area contributed by atoms with Crippen molar-refractivity contribution in [3.8, 4) is 0 Å². The van der Waals surface area contributed by atoms with E-state index in [0.717, 1.165) is 0 Å². The number of aromatic nitrogens is 2. The van der Waals surface area contributed by atoms with Gasteiger partial charge in [0.15, 0.2) is 5.82 Å². The molecule has 0 fully saturated rings. The van der Waals surface area contributed by atoms with Gasteiger partial charge in [0.2, 0.25) is 5.89 Å². The van der Waals surface area contributed by atoms with Gasteiger partial charge in [0.1, 0.15) is 0 Å². The van der Waals surface area contributed by atoms with E-state index in [0.29, 0.717) is 17.5 Å². The molecule has 90 valence electrons. The number of hydrogen-bond donors (Lipinski definition) is 1. The lowest BCUT2D eigenvalue weighted by Crippen LogP contribution is -2.05. The number of aryl methyl sites for hydroxylation is 1. The summed E-state index contributed by atoms with van der Waals surface area (Å²) in [4.78, 5) is 5.43. The Morgan fingerprint density at radius 2 is 2.29 bits per heavy atom. The highest BCUT2D eigenvalue weighted by molar-refractivity contribution is 7.98. The van der Waals surface area contributed by atoms with Crippen molar-refractivity contribution in [2.75, 3.05) is 0 Å². The van der Waals surface area contributed by atoms with Crippen LogP contribution in [0.1, 0.15) is 30.2 Å². The summed E-state index contributed by atoms with van der Waals surface area (Å²) in [5.74, 6) is 1.87. The summed E-state index contributed by atoms with van der Waals surface area (Å²) < 4.78 is 5.04. The van der Waals surface area contributed by atoms with Crippen molar-refractivity contribution >= 4 is 11.8 Å². The van der Waals surface area contributed by atoms with Gasteiger partial charge < -0.3 is 10.3 Å². The highest BCUT2D eigenvalue weighted by Gasteiger charge is 2.10. The van der Waals surface area contributed by atoms with Gasteiger partial charge in [0.05, 0.1) is 11.8 Å². The Bertz CT molecular complexity index is 496. The van der Waals surface area contributed by atoms with E-state index in [-0.39, 0.29) is 6.04 Å². The van der Waals surface area contributed by atoms with Gasteiger partial charge in [-0.2, -0.15) is 4.98 Å². The summed E-state index contributed by atoms with van der Waals surface area (Å²) in [6.07, 6.45) is 0. The van der Waals surface area contributed by atoms with E-state index in [9.17, 15) is 0 Å². The predicted molar refractivity (Wildman–Crippen MR) is 67.6 cm³/mol. The van der Waals surface area contributed by atoms with Crippen LogP contribution in [-0.4, -0.2) is 10.1 Å². The van der Waals surface area contributed by atoms with Gasteiger partial charge >= 0.3 is 0 Å². The molecule has 2 N–H and O–H groups in total. The molecule has 0 aliphatic carbocycles. The van der Waals surface area contributed by atoms with E-state index in [1.165, 1.54) is 10.5 Å². The first kappa shape index (κ1) is 12.1. The summed E-state index contributed by atoms with van der Waals surface area (Å²) in [6.45, 7) is 3.90. The average molecular weight is 249 g/mol. The summed E-state index contributed by atoms with van der Waals surface area (Å²) in [7, 11) is 0. The highest BCUT2D eigenvalue weighted by atomic mass is 32.2. The molecule has 0 bridgehead atoms. The molecule has 1 atom stereocenters. The Kier molecular flexibility index (Phi) is 3.81. The Morgan fingerprint density at radius 1 is 1.47 bits per heavy atom. The second-order valence-corrected chi connectivity index (χ2v) is 4.99. The fourth-order valence-electron chi connectivity index (χ4n) is 1.36. The molecule has 1 aromatic heterocycles. The molecule has 0 aliphatic rings. The molecule has 1 unspecified atom stereocenters. The minimum atomic E-state index is -0.208. The monoisotopic (exact) mass is 249 g/mol. The predicted octanol–water partition coefficient (Wildman–Crippen LogP) is 2.69. The molecule has 5 heteroatoms. The summed E-state index contributed by atoms with van der Waals surface area (Å²) >= 11 is 1.69. The van der Waals surface area contributed by atoms with Crippen LogP contribution in [0, 0.1) is 6.92 Å². The molecular formula is C12H15N3OS. The zero-order valence-corrected chi connectivity index (χ0v) is 10.7. The number of thioether (sulfide) groups is 1. The van der Waals surface area contributed by atoms with Crippen LogP contribution in [0.25, 0.3) is 0 Å². The first-order chi connectivity index (χ1) is 8.15. The average Bonchev–Trinajstić information content (AvgIpc) is 2.75. The third-order valence-corrected chi connectivity index (χ3v) is 3.22. The molecule has 4 nitrogen and oxygen atoms in total. The molecule has 0 aliphatic heterocycles. The number of rotatable bonds is 4. The fraction of sp³-hybridized carbons (Fsp3) is 0.333. The number of benzene rings is 1. The first-order valence-electron chi connectivity index (χ1n) is 5.42. The van der Waals surface area contributed by atoms with Crippen LogP contribution < -0.4 is 5.73 Å². The molecular weight excluding hydrogens is 234 g/mol. The van der Waals surface area contributed by atoms with Gasteiger partial charge in [0.25, 0.3) is 0 Å². The fourth-order valence-corrected chi connectivity index (χ4v) is 2.22. The highest BCUT2D eigenvalue weighted by Crippen LogP contribution is 2.22. The van der Waals surface area contributed by atoms with Crippen LogP contribution in [0.2, 0.25) is 0 Å². The first-order valence-corrected chi connectivity index (χ1v) is 6.41. The lowest BCUT2D eigenvalue weighted by Gasteiger charge is -1.99. The molecule has 0 saturated heterocycles. The Balaban J connectivity index is 1.97. The standard InChI is InChI=1S/C12H15N3OS/c1-8-4-3-5-10(6-8)17-7-11-14-12(9(2)13)16-15-11/h3-6,9H,7,13H2,1-2H3. The van der Waals surface area contributed by atoms with Crippen molar-refractivity contribution in [3.63, 3.8) is 0 Å². The van der Waals surface area contributed by atoms with Crippen molar-refractivity contribution in [2.45, 2.75) is 30.5 Å². The lowest BCUT2D eigenvalue weighted by molar-refractivity contribution is 0.358. The SMILES string of the molecule is Cc1cccc(SCc2noc(C(C)N)n2)c1. The Hall–Kier alpha value is -1.33. The molecule has 2 aromatic rings. The second kappa shape index (κ2) is 5.33. The molecule has 0 saturated carbocycles. The van der Waals surface area contributed by atoms with E-state index in [2.05, 4.69) is 35.3 Å². The van der Waals surface area contributed by atoms with Crippen LogP contribution in [0.15, 0.2) is 33.7 Å².